The molecule has 6 nitrogen and oxygen atoms in total. The van der Waals surface area contributed by atoms with Crippen LogP contribution in [0.2, 0.25) is 0 Å². The zero-order valence-electron chi connectivity index (χ0n) is 15.9. The normalized spacial score (nSPS) is 17.8. The van der Waals surface area contributed by atoms with Gasteiger partial charge in [0.15, 0.2) is 0 Å². The highest BCUT2D eigenvalue weighted by molar-refractivity contribution is 7.89. The van der Waals surface area contributed by atoms with Gasteiger partial charge in [-0.3, -0.25) is 9.78 Å². The van der Waals surface area contributed by atoms with Crippen molar-refractivity contribution in [2.75, 3.05) is 19.6 Å². The van der Waals surface area contributed by atoms with Crippen molar-refractivity contribution >= 4 is 15.9 Å². The molecule has 26 heavy (non-hydrogen) atoms. The second-order valence-electron chi connectivity index (χ2n) is 7.03. The van der Waals surface area contributed by atoms with Crippen molar-refractivity contribution in [2.45, 2.75) is 57.3 Å². The van der Waals surface area contributed by atoms with E-state index in [0.717, 1.165) is 19.4 Å². The van der Waals surface area contributed by atoms with Crippen molar-refractivity contribution in [3.63, 3.8) is 0 Å². The molecule has 1 saturated heterocycles. The molecular formula is C19H31N3O3S. The monoisotopic (exact) mass is 381 g/mol. The average molecular weight is 382 g/mol. The summed E-state index contributed by atoms with van der Waals surface area (Å²) in [5.74, 6) is 0.502. The lowest BCUT2D eigenvalue weighted by Gasteiger charge is -2.30. The van der Waals surface area contributed by atoms with Crippen molar-refractivity contribution < 1.29 is 13.2 Å². The molecule has 2 heterocycles. The van der Waals surface area contributed by atoms with Crippen LogP contribution in [0.5, 0.6) is 0 Å². The van der Waals surface area contributed by atoms with Gasteiger partial charge in [0.05, 0.1) is 0 Å². The van der Waals surface area contributed by atoms with Crippen molar-refractivity contribution in [1.82, 2.24) is 14.6 Å². The van der Waals surface area contributed by atoms with Gasteiger partial charge in [0, 0.05) is 37.9 Å². The molecule has 1 N–H and O–H groups in total. The molecule has 0 saturated carbocycles. The first-order valence-electron chi connectivity index (χ1n) is 9.66. The van der Waals surface area contributed by atoms with Crippen molar-refractivity contribution in [2.24, 2.45) is 11.8 Å². The Labute approximate surface area is 157 Å². The van der Waals surface area contributed by atoms with Gasteiger partial charge in [-0.25, -0.2) is 8.42 Å². The standard InChI is InChI=1S/C19H31N3O3S/c1-3-5-7-16(4-2)14-21-19(23)17-9-12-22(13-10-17)26(24,25)18-8-6-11-20-15-18/h6,8,11,15-17H,3-5,7,9-10,12-14H2,1-2H3,(H,21,23). The van der Waals surface area contributed by atoms with E-state index in [4.69, 9.17) is 0 Å². The summed E-state index contributed by atoms with van der Waals surface area (Å²) in [5, 5.41) is 3.08. The Morgan fingerprint density at radius 3 is 2.65 bits per heavy atom. The molecule has 1 fully saturated rings. The summed E-state index contributed by atoms with van der Waals surface area (Å²) >= 11 is 0. The predicted molar refractivity (Wildman–Crippen MR) is 102 cm³/mol. The fourth-order valence-electron chi connectivity index (χ4n) is 3.34. The van der Waals surface area contributed by atoms with E-state index >= 15 is 0 Å². The summed E-state index contributed by atoms with van der Waals surface area (Å²) in [6.45, 7) is 5.82. The fourth-order valence-corrected chi connectivity index (χ4v) is 4.77. The van der Waals surface area contributed by atoms with E-state index in [1.54, 1.807) is 18.3 Å². The van der Waals surface area contributed by atoms with Crippen molar-refractivity contribution in [3.05, 3.63) is 24.5 Å². The first-order chi connectivity index (χ1) is 12.5. The number of amides is 1. The van der Waals surface area contributed by atoms with E-state index in [-0.39, 0.29) is 16.7 Å². The average Bonchev–Trinajstić information content (AvgIpc) is 2.68. The highest BCUT2D eigenvalue weighted by Crippen LogP contribution is 2.23. The first-order valence-corrected chi connectivity index (χ1v) is 11.1. The number of carbonyl (C=O) groups is 1. The second-order valence-corrected chi connectivity index (χ2v) is 8.97. The molecule has 1 aromatic heterocycles. The van der Waals surface area contributed by atoms with Crippen LogP contribution in [0.15, 0.2) is 29.4 Å². The molecule has 0 bridgehead atoms. The van der Waals surface area contributed by atoms with Gasteiger partial charge in [-0.05, 0) is 37.3 Å². The second kappa shape index (κ2) is 10.0. The molecule has 0 aromatic carbocycles. The Morgan fingerprint density at radius 2 is 2.08 bits per heavy atom. The van der Waals surface area contributed by atoms with Crippen LogP contribution < -0.4 is 5.32 Å². The van der Waals surface area contributed by atoms with E-state index in [1.807, 2.05) is 0 Å². The van der Waals surface area contributed by atoms with Crippen LogP contribution in [0.25, 0.3) is 0 Å². The number of pyridine rings is 1. The summed E-state index contributed by atoms with van der Waals surface area (Å²) < 4.78 is 26.7. The molecular weight excluding hydrogens is 350 g/mol. The van der Waals surface area contributed by atoms with Gasteiger partial charge < -0.3 is 5.32 Å². The summed E-state index contributed by atoms with van der Waals surface area (Å²) in [4.78, 5) is 16.5. The van der Waals surface area contributed by atoms with Gasteiger partial charge in [-0.2, -0.15) is 4.31 Å². The number of unbranched alkanes of at least 4 members (excludes halogenated alkanes) is 1. The van der Waals surface area contributed by atoms with Crippen LogP contribution in [-0.2, 0) is 14.8 Å². The zero-order valence-corrected chi connectivity index (χ0v) is 16.7. The molecule has 1 aromatic rings. The van der Waals surface area contributed by atoms with E-state index in [1.165, 1.54) is 23.3 Å². The van der Waals surface area contributed by atoms with Crippen LogP contribution in [0.1, 0.15) is 52.4 Å². The molecule has 0 spiro atoms. The number of aromatic nitrogens is 1. The lowest BCUT2D eigenvalue weighted by molar-refractivity contribution is -0.126. The minimum atomic E-state index is -3.51. The maximum Gasteiger partial charge on any atom is 0.244 e. The van der Waals surface area contributed by atoms with E-state index < -0.39 is 10.0 Å². The highest BCUT2D eigenvalue weighted by Gasteiger charge is 2.32. The molecule has 0 aliphatic carbocycles. The highest BCUT2D eigenvalue weighted by atomic mass is 32.2. The third kappa shape index (κ3) is 5.51. The van der Waals surface area contributed by atoms with Gasteiger partial charge in [0.2, 0.25) is 15.9 Å². The predicted octanol–water partition coefficient (Wildman–Crippen LogP) is 2.81. The maximum atomic E-state index is 12.6. The SMILES string of the molecule is CCCCC(CC)CNC(=O)C1CCN(S(=O)(=O)c2cccnc2)CC1. The van der Waals surface area contributed by atoms with Crippen molar-refractivity contribution in [3.8, 4) is 0 Å². The Balaban J connectivity index is 1.83. The Kier molecular flexibility index (Phi) is 8.03. The number of nitrogens with one attached hydrogen (secondary N) is 1. The number of hydrogen-bond donors (Lipinski definition) is 1. The van der Waals surface area contributed by atoms with Gasteiger partial charge in [-0.1, -0.05) is 33.1 Å². The summed E-state index contributed by atoms with van der Waals surface area (Å²) in [6, 6.07) is 3.18. The topological polar surface area (TPSA) is 79.4 Å². The van der Waals surface area contributed by atoms with Gasteiger partial charge in [0.25, 0.3) is 0 Å². The summed E-state index contributed by atoms with van der Waals surface area (Å²) in [6.07, 6.45) is 8.65. The van der Waals surface area contributed by atoms with Crippen LogP contribution in [-0.4, -0.2) is 43.2 Å². The number of piperidine rings is 1. The summed E-state index contributed by atoms with van der Waals surface area (Å²) in [5.41, 5.74) is 0. The minimum Gasteiger partial charge on any atom is -0.356 e. The number of nitrogens with zero attached hydrogens (tertiary/aromatic N) is 2. The van der Waals surface area contributed by atoms with Crippen LogP contribution in [0.4, 0.5) is 0 Å². The molecule has 7 heteroatoms. The largest absolute Gasteiger partial charge is 0.356 e. The van der Waals surface area contributed by atoms with E-state index in [2.05, 4.69) is 24.1 Å². The third-order valence-electron chi connectivity index (χ3n) is 5.21. The molecule has 1 amide bonds. The smallest absolute Gasteiger partial charge is 0.244 e. The van der Waals surface area contributed by atoms with Crippen LogP contribution in [0.3, 0.4) is 0 Å². The Hall–Kier alpha value is -1.47. The van der Waals surface area contributed by atoms with Crippen molar-refractivity contribution in [1.29, 1.82) is 0 Å². The quantitative estimate of drug-likeness (QED) is 0.713. The molecule has 0 radical (unpaired) electrons. The van der Waals surface area contributed by atoms with E-state index in [0.29, 0.717) is 31.8 Å². The van der Waals surface area contributed by atoms with E-state index in [9.17, 15) is 13.2 Å². The van der Waals surface area contributed by atoms with Crippen LogP contribution >= 0.6 is 0 Å². The molecule has 1 atom stereocenters. The number of rotatable bonds is 9. The molecule has 1 aliphatic heterocycles. The fraction of sp³-hybridized carbons (Fsp3) is 0.684. The van der Waals surface area contributed by atoms with Gasteiger partial charge in [-0.15, -0.1) is 0 Å². The molecule has 146 valence electrons. The molecule has 1 aliphatic rings. The van der Waals surface area contributed by atoms with Crippen LogP contribution in [0, 0.1) is 11.8 Å². The zero-order chi connectivity index (χ0) is 19.0. The number of sulfonamides is 1. The number of hydrogen-bond acceptors (Lipinski definition) is 4. The third-order valence-corrected chi connectivity index (χ3v) is 7.09. The summed E-state index contributed by atoms with van der Waals surface area (Å²) in [7, 11) is -3.51. The Morgan fingerprint density at radius 1 is 1.35 bits per heavy atom. The molecule has 2 rings (SSSR count). The van der Waals surface area contributed by atoms with Gasteiger partial charge >= 0.3 is 0 Å². The lowest BCUT2D eigenvalue weighted by atomic mass is 9.95. The lowest BCUT2D eigenvalue weighted by Crippen LogP contribution is -2.43. The van der Waals surface area contributed by atoms with Gasteiger partial charge in [0.1, 0.15) is 4.90 Å². The maximum absolute atomic E-state index is 12.6. The minimum absolute atomic E-state index is 0.0679. The number of carbonyl (C=O) groups excluding carboxylic acids is 1. The Bertz CT molecular complexity index is 656. The molecule has 1 unspecified atom stereocenters. The first kappa shape index (κ1) is 20.8.